The van der Waals surface area contributed by atoms with Crippen LogP contribution in [-0.2, 0) is 6.61 Å². The average Bonchev–Trinajstić information content (AvgIpc) is 2.88. The number of nitro groups is 1. The van der Waals surface area contributed by atoms with Gasteiger partial charge in [-0.25, -0.2) is 0 Å². The van der Waals surface area contributed by atoms with Crippen LogP contribution in [0.25, 0.3) is 0 Å². The number of anilines is 1. The van der Waals surface area contributed by atoms with Crippen LogP contribution in [-0.4, -0.2) is 47.0 Å². The molecule has 0 aromatic heterocycles. The highest BCUT2D eigenvalue weighted by atomic mass is 32.1. The van der Waals surface area contributed by atoms with Gasteiger partial charge in [0, 0.05) is 49.6 Å². The zero-order valence-corrected chi connectivity index (χ0v) is 19.2. The number of carbonyl (C=O) groups is 1. The van der Waals surface area contributed by atoms with Gasteiger partial charge in [0.25, 0.3) is 11.6 Å². The summed E-state index contributed by atoms with van der Waals surface area (Å²) in [6.07, 6.45) is 0. The van der Waals surface area contributed by atoms with E-state index in [9.17, 15) is 14.9 Å². The van der Waals surface area contributed by atoms with Crippen molar-refractivity contribution >= 4 is 34.6 Å². The fraction of sp³-hybridized carbons (Fsp3) is 0.200. The van der Waals surface area contributed by atoms with Crippen LogP contribution < -0.4 is 15.0 Å². The zero-order valence-electron chi connectivity index (χ0n) is 18.4. The monoisotopic (exact) mass is 476 g/mol. The maximum absolute atomic E-state index is 12.6. The zero-order chi connectivity index (χ0) is 23.9. The first kappa shape index (κ1) is 23.2. The van der Waals surface area contributed by atoms with Crippen molar-refractivity contribution in [3.63, 3.8) is 0 Å². The van der Waals surface area contributed by atoms with Gasteiger partial charge >= 0.3 is 0 Å². The summed E-state index contributed by atoms with van der Waals surface area (Å²) in [7, 11) is 0. The molecule has 1 heterocycles. The number of nitrogens with one attached hydrogen (secondary N) is 1. The van der Waals surface area contributed by atoms with Crippen LogP contribution in [0.1, 0.15) is 15.9 Å². The first-order valence-electron chi connectivity index (χ1n) is 10.9. The molecule has 9 heteroatoms. The van der Waals surface area contributed by atoms with Crippen LogP contribution in [0.15, 0.2) is 78.9 Å². The van der Waals surface area contributed by atoms with Crippen molar-refractivity contribution in [1.29, 1.82) is 0 Å². The van der Waals surface area contributed by atoms with Crippen molar-refractivity contribution < 1.29 is 14.5 Å². The van der Waals surface area contributed by atoms with Gasteiger partial charge in [-0.2, -0.15) is 0 Å². The lowest BCUT2D eigenvalue weighted by Crippen LogP contribution is -2.52. The van der Waals surface area contributed by atoms with Crippen LogP contribution >= 0.6 is 12.2 Å². The third-order valence-electron chi connectivity index (χ3n) is 5.58. The Balaban J connectivity index is 1.25. The van der Waals surface area contributed by atoms with E-state index < -0.39 is 4.92 Å². The summed E-state index contributed by atoms with van der Waals surface area (Å²) < 4.78 is 5.76. The van der Waals surface area contributed by atoms with Gasteiger partial charge in [0.1, 0.15) is 12.4 Å². The molecular weight excluding hydrogens is 452 g/mol. The second-order valence-electron chi connectivity index (χ2n) is 7.81. The highest BCUT2D eigenvalue weighted by Gasteiger charge is 2.21. The summed E-state index contributed by atoms with van der Waals surface area (Å²) in [5, 5.41) is 14.0. The van der Waals surface area contributed by atoms with Crippen LogP contribution in [0.5, 0.6) is 5.75 Å². The van der Waals surface area contributed by atoms with E-state index in [1.807, 2.05) is 35.2 Å². The SMILES string of the molecule is O=C(NC(=S)N1CCN(c2ccc([N+](=O)[O-])cc2)CC1)c1ccc(OCc2ccccc2)cc1. The van der Waals surface area contributed by atoms with Crippen molar-refractivity contribution in [3.8, 4) is 5.75 Å². The summed E-state index contributed by atoms with van der Waals surface area (Å²) in [6.45, 7) is 3.13. The highest BCUT2D eigenvalue weighted by molar-refractivity contribution is 7.80. The molecule has 0 saturated carbocycles. The third-order valence-corrected chi connectivity index (χ3v) is 5.94. The van der Waals surface area contributed by atoms with Gasteiger partial charge in [-0.15, -0.1) is 0 Å². The molecule has 0 spiro atoms. The maximum atomic E-state index is 12.6. The molecule has 1 N–H and O–H groups in total. The Labute approximate surface area is 202 Å². The molecule has 174 valence electrons. The quantitative estimate of drug-likeness (QED) is 0.327. The van der Waals surface area contributed by atoms with Gasteiger partial charge in [0.05, 0.1) is 4.92 Å². The summed E-state index contributed by atoms with van der Waals surface area (Å²) in [4.78, 5) is 27.1. The molecule has 3 aromatic rings. The second kappa shape index (κ2) is 10.8. The second-order valence-corrected chi connectivity index (χ2v) is 8.19. The Morgan fingerprint density at radius 1 is 0.941 bits per heavy atom. The minimum atomic E-state index is -0.409. The molecule has 0 bridgehead atoms. The van der Waals surface area contributed by atoms with E-state index in [1.54, 1.807) is 36.4 Å². The van der Waals surface area contributed by atoms with Crippen molar-refractivity contribution in [1.82, 2.24) is 10.2 Å². The first-order chi connectivity index (χ1) is 16.5. The number of rotatable bonds is 6. The number of hydrogen-bond acceptors (Lipinski definition) is 6. The number of piperazine rings is 1. The van der Waals surface area contributed by atoms with E-state index in [0.29, 0.717) is 49.2 Å². The fourth-order valence-electron chi connectivity index (χ4n) is 3.64. The summed E-state index contributed by atoms with van der Waals surface area (Å²) in [6, 6.07) is 23.3. The minimum absolute atomic E-state index is 0.0714. The molecule has 3 aromatic carbocycles. The van der Waals surface area contributed by atoms with Crippen molar-refractivity contribution in [3.05, 3.63) is 100 Å². The molecule has 4 rings (SSSR count). The van der Waals surface area contributed by atoms with E-state index in [4.69, 9.17) is 17.0 Å². The van der Waals surface area contributed by atoms with Gasteiger partial charge in [0.2, 0.25) is 0 Å². The Morgan fingerprint density at radius 3 is 2.21 bits per heavy atom. The number of non-ortho nitro benzene ring substituents is 1. The standard InChI is InChI=1S/C25H24N4O4S/c30-24(20-6-12-23(13-7-20)33-18-19-4-2-1-3-5-19)26-25(34)28-16-14-27(15-17-28)21-8-10-22(11-9-21)29(31)32/h1-13H,14-18H2,(H,26,30,34). The molecular formula is C25H24N4O4S. The van der Waals surface area contributed by atoms with E-state index >= 15 is 0 Å². The molecule has 0 aliphatic carbocycles. The molecule has 0 radical (unpaired) electrons. The molecule has 1 aliphatic rings. The number of thiocarbonyl (C=S) groups is 1. The third kappa shape index (κ3) is 5.87. The molecule has 1 saturated heterocycles. The lowest BCUT2D eigenvalue weighted by Gasteiger charge is -2.37. The van der Waals surface area contributed by atoms with E-state index in [2.05, 4.69) is 10.2 Å². The highest BCUT2D eigenvalue weighted by Crippen LogP contribution is 2.21. The van der Waals surface area contributed by atoms with E-state index in [1.165, 1.54) is 12.1 Å². The molecule has 1 amide bonds. The molecule has 0 unspecified atom stereocenters. The van der Waals surface area contributed by atoms with Crippen molar-refractivity contribution in [2.75, 3.05) is 31.1 Å². The van der Waals surface area contributed by atoms with Gasteiger partial charge < -0.3 is 14.5 Å². The average molecular weight is 477 g/mol. The minimum Gasteiger partial charge on any atom is -0.489 e. The molecule has 8 nitrogen and oxygen atoms in total. The number of carbonyl (C=O) groups excluding carboxylic acids is 1. The smallest absolute Gasteiger partial charge is 0.269 e. The summed E-state index contributed by atoms with van der Waals surface area (Å²) in [5.74, 6) is 0.419. The predicted octanol–water partition coefficient (Wildman–Crippen LogP) is 4.01. The Bertz CT molecular complexity index is 1150. The number of benzene rings is 3. The fourth-order valence-corrected chi connectivity index (χ4v) is 3.92. The lowest BCUT2D eigenvalue weighted by atomic mass is 10.2. The molecule has 0 atom stereocenters. The predicted molar refractivity (Wildman–Crippen MR) is 134 cm³/mol. The summed E-state index contributed by atoms with van der Waals surface area (Å²) in [5.41, 5.74) is 2.57. The van der Waals surface area contributed by atoms with Gasteiger partial charge in [-0.1, -0.05) is 30.3 Å². The molecule has 1 aliphatic heterocycles. The van der Waals surface area contributed by atoms with Gasteiger partial charge in [-0.3, -0.25) is 20.2 Å². The topological polar surface area (TPSA) is 88.0 Å². The maximum Gasteiger partial charge on any atom is 0.269 e. The van der Waals surface area contributed by atoms with Crippen LogP contribution in [0.2, 0.25) is 0 Å². The number of nitrogens with zero attached hydrogens (tertiary/aromatic N) is 3. The first-order valence-corrected chi connectivity index (χ1v) is 11.3. The number of amides is 1. The van der Waals surface area contributed by atoms with Crippen LogP contribution in [0.4, 0.5) is 11.4 Å². The largest absolute Gasteiger partial charge is 0.489 e. The number of ether oxygens (including phenoxy) is 1. The summed E-state index contributed by atoms with van der Waals surface area (Å²) >= 11 is 5.45. The molecule has 34 heavy (non-hydrogen) atoms. The van der Waals surface area contributed by atoms with Crippen molar-refractivity contribution in [2.45, 2.75) is 6.61 Å². The van der Waals surface area contributed by atoms with Crippen LogP contribution in [0.3, 0.4) is 0 Å². The lowest BCUT2D eigenvalue weighted by molar-refractivity contribution is -0.384. The number of nitro benzene ring substituents is 1. The Hall–Kier alpha value is -3.98. The normalized spacial score (nSPS) is 13.3. The van der Waals surface area contributed by atoms with E-state index in [-0.39, 0.29) is 11.6 Å². The van der Waals surface area contributed by atoms with Gasteiger partial charge in [0.15, 0.2) is 5.11 Å². The molecule has 1 fully saturated rings. The van der Waals surface area contributed by atoms with Crippen molar-refractivity contribution in [2.24, 2.45) is 0 Å². The van der Waals surface area contributed by atoms with Crippen LogP contribution in [0, 0.1) is 10.1 Å². The Morgan fingerprint density at radius 2 is 1.59 bits per heavy atom. The van der Waals surface area contributed by atoms with E-state index in [0.717, 1.165) is 11.3 Å². The van der Waals surface area contributed by atoms with Gasteiger partial charge in [-0.05, 0) is 54.2 Å². The Kier molecular flexibility index (Phi) is 7.34. The number of hydrogen-bond donors (Lipinski definition) is 1.